The van der Waals surface area contributed by atoms with Gasteiger partial charge >= 0.3 is 0 Å². The number of ether oxygens (including phenoxy) is 1. The number of unbranched alkanes of at least 4 members (excludes halogenated alkanes) is 1. The van der Waals surface area contributed by atoms with E-state index in [1.54, 1.807) is 13.2 Å². The molecule has 0 aliphatic heterocycles. The van der Waals surface area contributed by atoms with Crippen molar-refractivity contribution in [2.45, 2.75) is 33.2 Å². The third-order valence-electron chi connectivity index (χ3n) is 3.35. The number of rotatable bonds is 8. The van der Waals surface area contributed by atoms with Crippen LogP contribution in [0.4, 0.5) is 0 Å². The lowest BCUT2D eigenvalue weighted by atomic mass is 10.1. The zero-order valence-corrected chi connectivity index (χ0v) is 12.6. The van der Waals surface area contributed by atoms with Crippen LogP contribution in [-0.2, 0) is 6.54 Å². The minimum Gasteiger partial charge on any atom is -0.496 e. The van der Waals surface area contributed by atoms with E-state index in [1.807, 2.05) is 12.1 Å². The summed E-state index contributed by atoms with van der Waals surface area (Å²) in [5, 5.41) is 11.8. The summed E-state index contributed by atoms with van der Waals surface area (Å²) < 4.78 is 5.39. The molecule has 112 valence electrons. The van der Waals surface area contributed by atoms with Crippen LogP contribution in [0, 0.1) is 0 Å². The maximum absolute atomic E-state index is 8.77. The van der Waals surface area contributed by atoms with Crippen LogP contribution in [0.2, 0.25) is 0 Å². The molecule has 0 aliphatic carbocycles. The molecular formula is C15H25N3O2. The molecular weight excluding hydrogens is 254 g/mol. The molecule has 0 heterocycles. The van der Waals surface area contributed by atoms with Crippen molar-refractivity contribution >= 4 is 5.84 Å². The predicted octanol–water partition coefficient (Wildman–Crippen LogP) is 2.41. The number of methoxy groups -OCH3 is 1. The Morgan fingerprint density at radius 3 is 2.70 bits per heavy atom. The highest BCUT2D eigenvalue weighted by Gasteiger charge is 2.10. The van der Waals surface area contributed by atoms with Gasteiger partial charge in [-0.3, -0.25) is 4.90 Å². The van der Waals surface area contributed by atoms with Crippen LogP contribution >= 0.6 is 0 Å². The van der Waals surface area contributed by atoms with Gasteiger partial charge in [0.2, 0.25) is 0 Å². The fraction of sp³-hybridized carbons (Fsp3) is 0.533. The van der Waals surface area contributed by atoms with Crippen molar-refractivity contribution in [3.8, 4) is 5.75 Å². The summed E-state index contributed by atoms with van der Waals surface area (Å²) in [4.78, 5) is 2.36. The van der Waals surface area contributed by atoms with Gasteiger partial charge in [-0.2, -0.15) is 0 Å². The molecule has 5 heteroatoms. The van der Waals surface area contributed by atoms with Crippen LogP contribution in [0.1, 0.15) is 37.8 Å². The van der Waals surface area contributed by atoms with Crippen LogP contribution in [0.25, 0.3) is 0 Å². The minimum absolute atomic E-state index is 0.116. The lowest BCUT2D eigenvalue weighted by Gasteiger charge is -2.21. The number of nitrogens with two attached hydrogens (primary N) is 1. The van der Waals surface area contributed by atoms with E-state index in [0.29, 0.717) is 5.56 Å². The van der Waals surface area contributed by atoms with Crippen LogP contribution in [-0.4, -0.2) is 36.1 Å². The van der Waals surface area contributed by atoms with Gasteiger partial charge in [0.15, 0.2) is 5.84 Å². The average Bonchev–Trinajstić information content (AvgIpc) is 2.50. The zero-order chi connectivity index (χ0) is 15.0. The smallest absolute Gasteiger partial charge is 0.170 e. The van der Waals surface area contributed by atoms with Crippen LogP contribution in [0.5, 0.6) is 5.75 Å². The Labute approximate surface area is 121 Å². The van der Waals surface area contributed by atoms with Crippen molar-refractivity contribution < 1.29 is 9.94 Å². The second-order valence-corrected chi connectivity index (χ2v) is 4.73. The SMILES string of the molecule is CCCCN(CC)Cc1cc(/C(N)=N/O)ccc1OC. The fourth-order valence-electron chi connectivity index (χ4n) is 2.09. The molecule has 0 amide bonds. The molecule has 0 saturated carbocycles. The molecule has 1 aromatic carbocycles. The molecule has 0 spiro atoms. The van der Waals surface area contributed by atoms with E-state index in [9.17, 15) is 0 Å². The zero-order valence-electron chi connectivity index (χ0n) is 12.6. The maximum Gasteiger partial charge on any atom is 0.170 e. The average molecular weight is 279 g/mol. The minimum atomic E-state index is 0.116. The Bertz CT molecular complexity index is 447. The van der Waals surface area contributed by atoms with E-state index >= 15 is 0 Å². The number of nitrogens with zero attached hydrogens (tertiary/aromatic N) is 2. The first-order chi connectivity index (χ1) is 9.65. The highest BCUT2D eigenvalue weighted by atomic mass is 16.5. The van der Waals surface area contributed by atoms with Crippen molar-refractivity contribution in [3.63, 3.8) is 0 Å². The summed E-state index contributed by atoms with van der Waals surface area (Å²) in [7, 11) is 1.66. The van der Waals surface area contributed by atoms with Crippen LogP contribution in [0.15, 0.2) is 23.4 Å². The number of benzene rings is 1. The Hall–Kier alpha value is -1.75. The first-order valence-electron chi connectivity index (χ1n) is 7.03. The third-order valence-corrected chi connectivity index (χ3v) is 3.35. The lowest BCUT2D eigenvalue weighted by molar-refractivity contribution is 0.270. The molecule has 20 heavy (non-hydrogen) atoms. The van der Waals surface area contributed by atoms with E-state index in [1.165, 1.54) is 12.8 Å². The molecule has 0 bridgehead atoms. The van der Waals surface area contributed by atoms with Gasteiger partial charge in [-0.15, -0.1) is 0 Å². The molecule has 3 N–H and O–H groups in total. The normalized spacial score (nSPS) is 11.9. The summed E-state index contributed by atoms with van der Waals surface area (Å²) in [5.74, 6) is 0.944. The van der Waals surface area contributed by atoms with Crippen LogP contribution in [0.3, 0.4) is 0 Å². The molecule has 0 saturated heterocycles. The van der Waals surface area contributed by atoms with E-state index in [4.69, 9.17) is 15.7 Å². The molecule has 0 aliphatic rings. The van der Waals surface area contributed by atoms with Gasteiger partial charge in [-0.1, -0.05) is 25.4 Å². The standard InChI is InChI=1S/C15H25N3O2/c1-4-6-9-18(5-2)11-13-10-12(15(16)17-19)7-8-14(13)20-3/h7-8,10,19H,4-6,9,11H2,1-3H3,(H2,16,17). The van der Waals surface area contributed by atoms with Crippen molar-refractivity contribution in [3.05, 3.63) is 29.3 Å². The summed E-state index contributed by atoms with van der Waals surface area (Å²) in [6, 6.07) is 5.57. The number of oxime groups is 1. The molecule has 1 rings (SSSR count). The van der Waals surface area contributed by atoms with Gasteiger partial charge in [-0.25, -0.2) is 0 Å². The Morgan fingerprint density at radius 2 is 2.15 bits per heavy atom. The van der Waals surface area contributed by atoms with E-state index in [2.05, 4.69) is 23.9 Å². The van der Waals surface area contributed by atoms with E-state index in [-0.39, 0.29) is 5.84 Å². The Morgan fingerprint density at radius 1 is 1.40 bits per heavy atom. The summed E-state index contributed by atoms with van der Waals surface area (Å²) in [5.41, 5.74) is 7.40. The molecule has 0 unspecified atom stereocenters. The highest BCUT2D eigenvalue weighted by Crippen LogP contribution is 2.22. The van der Waals surface area contributed by atoms with Gasteiger partial charge < -0.3 is 15.7 Å². The van der Waals surface area contributed by atoms with Gasteiger partial charge in [0, 0.05) is 17.7 Å². The van der Waals surface area contributed by atoms with Gasteiger partial charge in [0.25, 0.3) is 0 Å². The van der Waals surface area contributed by atoms with Crippen molar-refractivity contribution in [1.82, 2.24) is 4.90 Å². The fourth-order valence-corrected chi connectivity index (χ4v) is 2.09. The second-order valence-electron chi connectivity index (χ2n) is 4.73. The first kappa shape index (κ1) is 16.3. The largest absolute Gasteiger partial charge is 0.496 e. The summed E-state index contributed by atoms with van der Waals surface area (Å²) in [6.45, 7) is 7.18. The third kappa shape index (κ3) is 4.42. The molecule has 0 atom stereocenters. The first-order valence-corrected chi connectivity index (χ1v) is 7.03. The monoisotopic (exact) mass is 279 g/mol. The predicted molar refractivity (Wildman–Crippen MR) is 81.4 cm³/mol. The van der Waals surface area contributed by atoms with E-state index in [0.717, 1.165) is 30.9 Å². The van der Waals surface area contributed by atoms with E-state index < -0.39 is 0 Å². The Kier molecular flexibility index (Phi) is 6.87. The number of hydrogen-bond acceptors (Lipinski definition) is 4. The van der Waals surface area contributed by atoms with Gasteiger partial charge in [0.05, 0.1) is 7.11 Å². The second kappa shape index (κ2) is 8.43. The van der Waals surface area contributed by atoms with Crippen molar-refractivity contribution in [2.75, 3.05) is 20.2 Å². The summed E-state index contributed by atoms with van der Waals surface area (Å²) >= 11 is 0. The topological polar surface area (TPSA) is 71.1 Å². The molecule has 1 aromatic rings. The van der Waals surface area contributed by atoms with Crippen molar-refractivity contribution in [1.29, 1.82) is 0 Å². The number of hydrogen-bond donors (Lipinski definition) is 2. The number of amidine groups is 1. The molecule has 0 fully saturated rings. The van der Waals surface area contributed by atoms with Gasteiger partial charge in [-0.05, 0) is 37.7 Å². The summed E-state index contributed by atoms with van der Waals surface area (Å²) in [6.07, 6.45) is 2.36. The van der Waals surface area contributed by atoms with Crippen LogP contribution < -0.4 is 10.5 Å². The van der Waals surface area contributed by atoms with Gasteiger partial charge in [0.1, 0.15) is 5.75 Å². The molecule has 0 aromatic heterocycles. The lowest BCUT2D eigenvalue weighted by Crippen LogP contribution is -2.24. The highest BCUT2D eigenvalue weighted by molar-refractivity contribution is 5.97. The molecule has 0 radical (unpaired) electrons. The Balaban J connectivity index is 2.95. The maximum atomic E-state index is 8.77. The quantitative estimate of drug-likeness (QED) is 0.332. The van der Waals surface area contributed by atoms with Crippen molar-refractivity contribution in [2.24, 2.45) is 10.9 Å². The molecule has 5 nitrogen and oxygen atoms in total.